The molecule has 0 fully saturated rings. The Kier molecular flexibility index (Phi) is 4.41. The van der Waals surface area contributed by atoms with Gasteiger partial charge in [-0.2, -0.15) is 0 Å². The molecule has 0 aliphatic carbocycles. The zero-order valence-corrected chi connectivity index (χ0v) is 13.1. The SMILES string of the molecule is CC(NC(=O)c1ccc(C(C)(C)C)cc1)c1ccccn1. The van der Waals surface area contributed by atoms with Gasteiger partial charge in [0.1, 0.15) is 0 Å². The van der Waals surface area contributed by atoms with E-state index in [1.54, 1.807) is 6.20 Å². The van der Waals surface area contributed by atoms with Gasteiger partial charge in [0.25, 0.3) is 5.91 Å². The van der Waals surface area contributed by atoms with E-state index >= 15 is 0 Å². The Hall–Kier alpha value is -2.16. The predicted octanol–water partition coefficient (Wildman–Crippen LogP) is 3.87. The molecule has 0 saturated carbocycles. The second-order valence-electron chi connectivity index (χ2n) is 6.28. The van der Waals surface area contributed by atoms with Crippen molar-refractivity contribution < 1.29 is 4.79 Å². The Labute approximate surface area is 126 Å². The summed E-state index contributed by atoms with van der Waals surface area (Å²) in [6.45, 7) is 8.41. The molecular weight excluding hydrogens is 260 g/mol. The third kappa shape index (κ3) is 3.91. The third-order valence-electron chi connectivity index (χ3n) is 3.49. The second kappa shape index (κ2) is 6.08. The average Bonchev–Trinajstić information content (AvgIpc) is 2.47. The van der Waals surface area contributed by atoms with Crippen molar-refractivity contribution in [1.82, 2.24) is 10.3 Å². The van der Waals surface area contributed by atoms with Crippen LogP contribution in [0.4, 0.5) is 0 Å². The first kappa shape index (κ1) is 15.2. The maximum Gasteiger partial charge on any atom is 0.251 e. The summed E-state index contributed by atoms with van der Waals surface area (Å²) in [5, 5.41) is 2.97. The lowest BCUT2D eigenvalue weighted by molar-refractivity contribution is 0.0939. The summed E-state index contributed by atoms with van der Waals surface area (Å²) in [7, 11) is 0. The molecule has 3 nitrogen and oxygen atoms in total. The summed E-state index contributed by atoms with van der Waals surface area (Å²) in [6, 6.07) is 13.4. The number of nitrogens with zero attached hydrogens (tertiary/aromatic N) is 1. The van der Waals surface area contributed by atoms with E-state index in [-0.39, 0.29) is 17.4 Å². The lowest BCUT2D eigenvalue weighted by Gasteiger charge is -2.19. The number of benzene rings is 1. The molecule has 0 spiro atoms. The molecule has 0 aliphatic rings. The van der Waals surface area contributed by atoms with E-state index in [1.165, 1.54) is 5.56 Å². The van der Waals surface area contributed by atoms with Crippen LogP contribution in [0.25, 0.3) is 0 Å². The summed E-state index contributed by atoms with van der Waals surface area (Å²) in [6.07, 6.45) is 1.73. The number of aromatic nitrogens is 1. The Balaban J connectivity index is 2.07. The summed E-state index contributed by atoms with van der Waals surface area (Å²) in [4.78, 5) is 16.5. The van der Waals surface area contributed by atoms with Crippen molar-refractivity contribution in [2.75, 3.05) is 0 Å². The van der Waals surface area contributed by atoms with E-state index in [9.17, 15) is 4.79 Å². The first-order chi connectivity index (χ1) is 9.88. The minimum absolute atomic E-state index is 0.0754. The largest absolute Gasteiger partial charge is 0.344 e. The zero-order chi connectivity index (χ0) is 15.5. The zero-order valence-electron chi connectivity index (χ0n) is 13.1. The number of hydrogen-bond donors (Lipinski definition) is 1. The lowest BCUT2D eigenvalue weighted by atomic mass is 9.86. The van der Waals surface area contributed by atoms with Crippen LogP contribution < -0.4 is 5.32 Å². The molecule has 2 rings (SSSR count). The molecule has 1 aromatic carbocycles. The van der Waals surface area contributed by atoms with Crippen LogP contribution in [0, 0.1) is 0 Å². The number of amides is 1. The molecule has 1 amide bonds. The van der Waals surface area contributed by atoms with Gasteiger partial charge in [0.2, 0.25) is 0 Å². The Bertz CT molecular complexity index is 597. The monoisotopic (exact) mass is 282 g/mol. The van der Waals surface area contributed by atoms with Crippen LogP contribution in [0.15, 0.2) is 48.7 Å². The number of carbonyl (C=O) groups excluding carboxylic acids is 1. The second-order valence-corrected chi connectivity index (χ2v) is 6.28. The molecule has 0 saturated heterocycles. The number of rotatable bonds is 3. The highest BCUT2D eigenvalue weighted by molar-refractivity contribution is 5.94. The molecule has 1 atom stereocenters. The summed E-state index contributed by atoms with van der Waals surface area (Å²) in [5.74, 6) is -0.0754. The van der Waals surface area contributed by atoms with Crippen LogP contribution in [0.5, 0.6) is 0 Å². The summed E-state index contributed by atoms with van der Waals surface area (Å²) < 4.78 is 0. The first-order valence-electron chi connectivity index (χ1n) is 7.20. The van der Waals surface area contributed by atoms with Gasteiger partial charge in [0, 0.05) is 11.8 Å². The highest BCUT2D eigenvalue weighted by atomic mass is 16.1. The predicted molar refractivity (Wildman–Crippen MR) is 85.3 cm³/mol. The van der Waals surface area contributed by atoms with Crippen molar-refractivity contribution in [3.05, 3.63) is 65.5 Å². The van der Waals surface area contributed by atoms with E-state index in [0.717, 1.165) is 5.69 Å². The van der Waals surface area contributed by atoms with Gasteiger partial charge in [-0.15, -0.1) is 0 Å². The van der Waals surface area contributed by atoms with Crippen LogP contribution >= 0.6 is 0 Å². The van der Waals surface area contributed by atoms with Crippen molar-refractivity contribution in [1.29, 1.82) is 0 Å². The number of pyridine rings is 1. The van der Waals surface area contributed by atoms with Gasteiger partial charge >= 0.3 is 0 Å². The number of hydrogen-bond acceptors (Lipinski definition) is 2. The normalized spacial score (nSPS) is 12.8. The quantitative estimate of drug-likeness (QED) is 0.928. The van der Waals surface area contributed by atoms with Gasteiger partial charge in [-0.05, 0) is 42.2 Å². The van der Waals surface area contributed by atoms with Crippen molar-refractivity contribution in [3.8, 4) is 0 Å². The molecule has 0 radical (unpaired) electrons. The molecule has 1 heterocycles. The van der Waals surface area contributed by atoms with Gasteiger partial charge < -0.3 is 5.32 Å². The van der Waals surface area contributed by atoms with Gasteiger partial charge in [0.05, 0.1) is 11.7 Å². The molecule has 21 heavy (non-hydrogen) atoms. The summed E-state index contributed by atoms with van der Waals surface area (Å²) >= 11 is 0. The van der Waals surface area contributed by atoms with Gasteiger partial charge in [0.15, 0.2) is 0 Å². The minimum atomic E-state index is -0.110. The minimum Gasteiger partial charge on any atom is -0.344 e. The highest BCUT2D eigenvalue weighted by Gasteiger charge is 2.15. The maximum atomic E-state index is 12.3. The fourth-order valence-electron chi connectivity index (χ4n) is 2.11. The smallest absolute Gasteiger partial charge is 0.251 e. The van der Waals surface area contributed by atoms with Crippen molar-refractivity contribution in [3.63, 3.8) is 0 Å². The van der Waals surface area contributed by atoms with Crippen molar-refractivity contribution in [2.45, 2.75) is 39.2 Å². The van der Waals surface area contributed by atoms with Crippen LogP contribution in [0.1, 0.15) is 55.4 Å². The Morgan fingerprint density at radius 2 is 1.76 bits per heavy atom. The van der Waals surface area contributed by atoms with Crippen LogP contribution in [0.3, 0.4) is 0 Å². The molecule has 3 heteroatoms. The number of carbonyl (C=O) groups is 1. The van der Waals surface area contributed by atoms with Crippen molar-refractivity contribution in [2.24, 2.45) is 0 Å². The Morgan fingerprint density at radius 1 is 1.10 bits per heavy atom. The van der Waals surface area contributed by atoms with E-state index < -0.39 is 0 Å². The fourth-order valence-corrected chi connectivity index (χ4v) is 2.11. The third-order valence-corrected chi connectivity index (χ3v) is 3.49. The number of nitrogens with one attached hydrogen (secondary N) is 1. The molecule has 1 aromatic heterocycles. The molecule has 0 aliphatic heterocycles. The standard InChI is InChI=1S/C18H22N2O/c1-13(16-7-5-6-12-19-16)20-17(21)14-8-10-15(11-9-14)18(2,3)4/h5-13H,1-4H3,(H,20,21). The fraction of sp³-hybridized carbons (Fsp3) is 0.333. The first-order valence-corrected chi connectivity index (χ1v) is 7.20. The van der Waals surface area contributed by atoms with Crippen LogP contribution in [0.2, 0.25) is 0 Å². The molecule has 1 N–H and O–H groups in total. The lowest BCUT2D eigenvalue weighted by Crippen LogP contribution is -2.27. The summed E-state index contributed by atoms with van der Waals surface area (Å²) in [5.41, 5.74) is 2.84. The molecule has 0 bridgehead atoms. The highest BCUT2D eigenvalue weighted by Crippen LogP contribution is 2.22. The van der Waals surface area contributed by atoms with Gasteiger partial charge in [-0.1, -0.05) is 39.0 Å². The Morgan fingerprint density at radius 3 is 2.29 bits per heavy atom. The van der Waals surface area contributed by atoms with E-state index in [0.29, 0.717) is 5.56 Å². The van der Waals surface area contributed by atoms with Crippen LogP contribution in [-0.2, 0) is 5.41 Å². The van der Waals surface area contributed by atoms with E-state index in [2.05, 4.69) is 31.1 Å². The van der Waals surface area contributed by atoms with E-state index in [4.69, 9.17) is 0 Å². The molecule has 2 aromatic rings. The molecule has 110 valence electrons. The molecule has 1 unspecified atom stereocenters. The van der Waals surface area contributed by atoms with Gasteiger partial charge in [-0.3, -0.25) is 9.78 Å². The topological polar surface area (TPSA) is 42.0 Å². The average molecular weight is 282 g/mol. The van der Waals surface area contributed by atoms with Crippen LogP contribution in [-0.4, -0.2) is 10.9 Å². The maximum absolute atomic E-state index is 12.3. The van der Waals surface area contributed by atoms with Gasteiger partial charge in [-0.25, -0.2) is 0 Å². The van der Waals surface area contributed by atoms with E-state index in [1.807, 2.05) is 49.4 Å². The van der Waals surface area contributed by atoms with Crippen molar-refractivity contribution >= 4 is 5.91 Å². The molecular formula is C18H22N2O.